The third-order valence-corrected chi connectivity index (χ3v) is 2.09. The number of aryl methyl sites for hydroxylation is 1. The second-order valence-corrected chi connectivity index (χ2v) is 3.39. The van der Waals surface area contributed by atoms with E-state index in [-0.39, 0.29) is 5.82 Å². The standard InChI is InChI=1S/C11H11N3O/c1-7-3-2-4-8(5-7)9-6-10(12)14-11(15)13-9/h2-6H,1H3,(H3,12,13,14,15). The minimum Gasteiger partial charge on any atom is -0.383 e. The molecule has 0 aliphatic heterocycles. The number of benzene rings is 1. The summed E-state index contributed by atoms with van der Waals surface area (Å²) in [6.07, 6.45) is 0. The van der Waals surface area contributed by atoms with Gasteiger partial charge in [-0.05, 0) is 18.6 Å². The molecule has 0 saturated heterocycles. The summed E-state index contributed by atoms with van der Waals surface area (Å²) in [7, 11) is 0. The summed E-state index contributed by atoms with van der Waals surface area (Å²) < 4.78 is 0. The average molecular weight is 201 g/mol. The summed E-state index contributed by atoms with van der Waals surface area (Å²) in [5.41, 5.74) is 7.83. The highest BCUT2D eigenvalue weighted by Crippen LogP contribution is 2.17. The zero-order chi connectivity index (χ0) is 10.8. The smallest absolute Gasteiger partial charge is 0.347 e. The van der Waals surface area contributed by atoms with Gasteiger partial charge < -0.3 is 10.7 Å². The topological polar surface area (TPSA) is 71.8 Å². The van der Waals surface area contributed by atoms with Gasteiger partial charge in [0.05, 0.1) is 5.69 Å². The Bertz CT molecular complexity index is 546. The van der Waals surface area contributed by atoms with Gasteiger partial charge in [0.1, 0.15) is 5.82 Å². The lowest BCUT2D eigenvalue weighted by Gasteiger charge is -2.02. The number of nitrogen functional groups attached to an aromatic ring is 1. The van der Waals surface area contributed by atoms with Crippen LogP contribution < -0.4 is 11.4 Å². The Morgan fingerprint density at radius 1 is 1.33 bits per heavy atom. The maximum absolute atomic E-state index is 11.1. The third kappa shape index (κ3) is 2.04. The van der Waals surface area contributed by atoms with Crippen molar-refractivity contribution in [2.45, 2.75) is 6.92 Å². The van der Waals surface area contributed by atoms with Crippen molar-refractivity contribution in [3.05, 3.63) is 46.4 Å². The second-order valence-electron chi connectivity index (χ2n) is 3.39. The molecule has 2 aromatic rings. The molecule has 0 aliphatic rings. The Morgan fingerprint density at radius 3 is 2.80 bits per heavy atom. The maximum atomic E-state index is 11.1. The first kappa shape index (κ1) is 9.45. The van der Waals surface area contributed by atoms with Crippen molar-refractivity contribution in [1.82, 2.24) is 9.97 Å². The highest BCUT2D eigenvalue weighted by Gasteiger charge is 2.00. The monoisotopic (exact) mass is 201 g/mol. The minimum absolute atomic E-state index is 0.232. The molecule has 0 saturated carbocycles. The first-order valence-electron chi connectivity index (χ1n) is 4.59. The Morgan fingerprint density at radius 2 is 2.13 bits per heavy atom. The molecule has 4 nitrogen and oxygen atoms in total. The van der Waals surface area contributed by atoms with Crippen LogP contribution in [-0.4, -0.2) is 9.97 Å². The van der Waals surface area contributed by atoms with Crippen molar-refractivity contribution < 1.29 is 0 Å². The molecule has 1 aromatic heterocycles. The highest BCUT2D eigenvalue weighted by atomic mass is 16.1. The molecule has 0 spiro atoms. The number of aromatic amines is 1. The predicted molar refractivity (Wildman–Crippen MR) is 59.4 cm³/mol. The van der Waals surface area contributed by atoms with Gasteiger partial charge in [0, 0.05) is 6.07 Å². The van der Waals surface area contributed by atoms with Gasteiger partial charge in [0.25, 0.3) is 0 Å². The molecular weight excluding hydrogens is 190 g/mol. The van der Waals surface area contributed by atoms with Crippen LogP contribution in [0.2, 0.25) is 0 Å². The van der Waals surface area contributed by atoms with Gasteiger partial charge in [0.2, 0.25) is 0 Å². The van der Waals surface area contributed by atoms with Crippen molar-refractivity contribution in [3.8, 4) is 11.3 Å². The van der Waals surface area contributed by atoms with Crippen molar-refractivity contribution in [2.24, 2.45) is 0 Å². The molecule has 0 amide bonds. The molecule has 0 fully saturated rings. The SMILES string of the molecule is Cc1cccc(-c2cc(N)nc(=O)[nH]2)c1. The van der Waals surface area contributed by atoms with Crippen LogP contribution in [-0.2, 0) is 0 Å². The Hall–Kier alpha value is -2.10. The molecule has 15 heavy (non-hydrogen) atoms. The van der Waals surface area contributed by atoms with Gasteiger partial charge in [-0.25, -0.2) is 4.79 Å². The van der Waals surface area contributed by atoms with E-state index in [0.717, 1.165) is 11.1 Å². The predicted octanol–water partition coefficient (Wildman–Crippen LogP) is 1.33. The summed E-state index contributed by atoms with van der Waals surface area (Å²) in [6, 6.07) is 9.46. The summed E-state index contributed by atoms with van der Waals surface area (Å²) >= 11 is 0. The van der Waals surface area contributed by atoms with E-state index >= 15 is 0 Å². The lowest BCUT2D eigenvalue weighted by Crippen LogP contribution is -2.12. The van der Waals surface area contributed by atoms with Crippen LogP contribution in [0.1, 0.15) is 5.56 Å². The highest BCUT2D eigenvalue weighted by molar-refractivity contribution is 5.62. The lowest BCUT2D eigenvalue weighted by molar-refractivity contribution is 1.09. The summed E-state index contributed by atoms with van der Waals surface area (Å²) in [5.74, 6) is 0.232. The van der Waals surface area contributed by atoms with Crippen LogP contribution in [0.25, 0.3) is 11.3 Å². The number of hydrogen-bond donors (Lipinski definition) is 2. The van der Waals surface area contributed by atoms with E-state index in [0.29, 0.717) is 5.69 Å². The number of aromatic nitrogens is 2. The zero-order valence-corrected chi connectivity index (χ0v) is 8.32. The van der Waals surface area contributed by atoms with Crippen molar-refractivity contribution >= 4 is 5.82 Å². The molecule has 0 atom stereocenters. The van der Waals surface area contributed by atoms with E-state index in [4.69, 9.17) is 5.73 Å². The van der Waals surface area contributed by atoms with Crippen LogP contribution >= 0.6 is 0 Å². The summed E-state index contributed by atoms with van der Waals surface area (Å²) in [4.78, 5) is 17.3. The number of nitrogens with one attached hydrogen (secondary N) is 1. The van der Waals surface area contributed by atoms with Crippen LogP contribution in [0, 0.1) is 6.92 Å². The van der Waals surface area contributed by atoms with E-state index in [1.54, 1.807) is 6.07 Å². The molecule has 76 valence electrons. The molecule has 0 unspecified atom stereocenters. The molecule has 0 radical (unpaired) electrons. The third-order valence-electron chi connectivity index (χ3n) is 2.09. The second kappa shape index (κ2) is 3.57. The Labute approximate surface area is 86.8 Å². The Kier molecular flexibility index (Phi) is 2.25. The quantitative estimate of drug-likeness (QED) is 0.731. The zero-order valence-electron chi connectivity index (χ0n) is 8.32. The first-order chi connectivity index (χ1) is 7.15. The number of rotatable bonds is 1. The average Bonchev–Trinajstić information content (AvgIpc) is 2.16. The lowest BCUT2D eigenvalue weighted by atomic mass is 10.1. The van der Waals surface area contributed by atoms with E-state index in [9.17, 15) is 4.79 Å². The van der Waals surface area contributed by atoms with Crippen LogP contribution in [0.15, 0.2) is 35.1 Å². The van der Waals surface area contributed by atoms with Gasteiger partial charge >= 0.3 is 5.69 Å². The normalized spacial score (nSPS) is 10.2. The molecule has 0 bridgehead atoms. The van der Waals surface area contributed by atoms with Gasteiger partial charge in [-0.3, -0.25) is 0 Å². The first-order valence-corrected chi connectivity index (χ1v) is 4.59. The number of H-pyrrole nitrogens is 1. The molecular formula is C11H11N3O. The van der Waals surface area contributed by atoms with Crippen molar-refractivity contribution in [1.29, 1.82) is 0 Å². The fraction of sp³-hybridized carbons (Fsp3) is 0.0909. The number of nitrogens with two attached hydrogens (primary N) is 1. The fourth-order valence-electron chi connectivity index (χ4n) is 1.44. The van der Waals surface area contributed by atoms with Crippen LogP contribution in [0.4, 0.5) is 5.82 Å². The molecule has 3 N–H and O–H groups in total. The van der Waals surface area contributed by atoms with Gasteiger partial charge in [0.15, 0.2) is 0 Å². The van der Waals surface area contributed by atoms with Gasteiger partial charge in [-0.1, -0.05) is 23.8 Å². The van der Waals surface area contributed by atoms with E-state index < -0.39 is 5.69 Å². The minimum atomic E-state index is -0.425. The summed E-state index contributed by atoms with van der Waals surface area (Å²) in [6.45, 7) is 1.99. The van der Waals surface area contributed by atoms with E-state index in [1.807, 2.05) is 31.2 Å². The molecule has 2 rings (SSSR count). The van der Waals surface area contributed by atoms with Crippen LogP contribution in [0.5, 0.6) is 0 Å². The fourth-order valence-corrected chi connectivity index (χ4v) is 1.44. The van der Waals surface area contributed by atoms with Gasteiger partial charge in [-0.2, -0.15) is 4.98 Å². The number of anilines is 1. The maximum Gasteiger partial charge on any atom is 0.347 e. The largest absolute Gasteiger partial charge is 0.383 e. The van der Waals surface area contributed by atoms with Crippen molar-refractivity contribution in [2.75, 3.05) is 5.73 Å². The Balaban J connectivity index is 2.59. The number of hydrogen-bond acceptors (Lipinski definition) is 3. The summed E-state index contributed by atoms with van der Waals surface area (Å²) in [5, 5.41) is 0. The number of nitrogens with zero attached hydrogens (tertiary/aromatic N) is 1. The molecule has 1 heterocycles. The molecule has 1 aromatic carbocycles. The van der Waals surface area contributed by atoms with Gasteiger partial charge in [-0.15, -0.1) is 0 Å². The van der Waals surface area contributed by atoms with E-state index in [1.165, 1.54) is 0 Å². The van der Waals surface area contributed by atoms with Crippen LogP contribution in [0.3, 0.4) is 0 Å². The van der Waals surface area contributed by atoms with Crippen molar-refractivity contribution in [3.63, 3.8) is 0 Å². The molecule has 0 aliphatic carbocycles. The molecule has 4 heteroatoms. The van der Waals surface area contributed by atoms with E-state index in [2.05, 4.69) is 9.97 Å².